The molecule has 1 amide bonds. The van der Waals surface area contributed by atoms with Crippen molar-refractivity contribution in [2.24, 2.45) is 0 Å². The number of benzene rings is 2. The minimum atomic E-state index is -0.0751. The topological polar surface area (TPSA) is 50.4 Å². The van der Waals surface area contributed by atoms with Crippen LogP contribution < -0.4 is 15.4 Å². The van der Waals surface area contributed by atoms with Gasteiger partial charge >= 0.3 is 0 Å². The van der Waals surface area contributed by atoms with Crippen molar-refractivity contribution in [1.29, 1.82) is 0 Å². The van der Waals surface area contributed by atoms with Crippen molar-refractivity contribution < 1.29 is 9.53 Å². The maximum atomic E-state index is 12.1. The van der Waals surface area contributed by atoms with Gasteiger partial charge in [-0.25, -0.2) is 0 Å². The van der Waals surface area contributed by atoms with Gasteiger partial charge in [0, 0.05) is 17.4 Å². The Morgan fingerprint density at radius 2 is 1.91 bits per heavy atom. The zero-order chi connectivity index (χ0) is 16.8. The molecule has 4 nitrogen and oxygen atoms in total. The predicted molar refractivity (Wildman–Crippen MR) is 95.2 cm³/mol. The Bertz CT molecular complexity index is 681. The lowest BCUT2D eigenvalue weighted by molar-refractivity contribution is -0.114. The highest BCUT2D eigenvalue weighted by Crippen LogP contribution is 2.19. The molecule has 2 aromatic carbocycles. The third kappa shape index (κ3) is 5.33. The second-order valence-corrected chi connectivity index (χ2v) is 5.91. The van der Waals surface area contributed by atoms with Crippen molar-refractivity contribution in [3.63, 3.8) is 0 Å². The SMILES string of the molecule is Cc1ccc(C)c(NC(=O)CNc2cccc(OC(C)C)c2)c1. The molecule has 0 saturated carbocycles. The Labute approximate surface area is 137 Å². The van der Waals surface area contributed by atoms with Crippen LogP contribution in [0.15, 0.2) is 42.5 Å². The molecule has 0 aliphatic heterocycles. The molecule has 0 saturated heterocycles. The van der Waals surface area contributed by atoms with Gasteiger partial charge in [-0.15, -0.1) is 0 Å². The van der Waals surface area contributed by atoms with E-state index in [9.17, 15) is 4.79 Å². The Morgan fingerprint density at radius 3 is 2.65 bits per heavy atom. The molecule has 122 valence electrons. The largest absolute Gasteiger partial charge is 0.491 e. The molecule has 2 N–H and O–H groups in total. The highest BCUT2D eigenvalue weighted by molar-refractivity contribution is 5.94. The van der Waals surface area contributed by atoms with Gasteiger partial charge in [0.25, 0.3) is 0 Å². The third-order valence-corrected chi connectivity index (χ3v) is 3.33. The zero-order valence-electron chi connectivity index (χ0n) is 14.1. The number of rotatable bonds is 6. The minimum Gasteiger partial charge on any atom is -0.491 e. The number of anilines is 2. The van der Waals surface area contributed by atoms with Crippen molar-refractivity contribution in [3.05, 3.63) is 53.6 Å². The fraction of sp³-hybridized carbons (Fsp3) is 0.316. The van der Waals surface area contributed by atoms with E-state index >= 15 is 0 Å². The molecule has 0 heterocycles. The molecule has 0 bridgehead atoms. The van der Waals surface area contributed by atoms with Gasteiger partial charge in [-0.05, 0) is 57.0 Å². The van der Waals surface area contributed by atoms with Crippen LogP contribution in [0, 0.1) is 13.8 Å². The number of ether oxygens (including phenoxy) is 1. The average Bonchev–Trinajstić information content (AvgIpc) is 2.49. The Hall–Kier alpha value is -2.49. The molecule has 2 rings (SSSR count). The molecular formula is C19H24N2O2. The van der Waals surface area contributed by atoms with Crippen molar-refractivity contribution in [2.45, 2.75) is 33.8 Å². The Balaban J connectivity index is 1.93. The summed E-state index contributed by atoms with van der Waals surface area (Å²) in [5, 5.41) is 6.06. The van der Waals surface area contributed by atoms with E-state index in [4.69, 9.17) is 4.74 Å². The summed E-state index contributed by atoms with van der Waals surface area (Å²) in [4.78, 5) is 12.1. The second-order valence-electron chi connectivity index (χ2n) is 5.91. The first-order valence-electron chi connectivity index (χ1n) is 7.82. The van der Waals surface area contributed by atoms with Gasteiger partial charge in [0.15, 0.2) is 0 Å². The number of amides is 1. The molecule has 23 heavy (non-hydrogen) atoms. The smallest absolute Gasteiger partial charge is 0.243 e. The maximum absolute atomic E-state index is 12.1. The number of hydrogen-bond donors (Lipinski definition) is 2. The molecule has 0 unspecified atom stereocenters. The van der Waals surface area contributed by atoms with Gasteiger partial charge in [0.05, 0.1) is 12.6 Å². The predicted octanol–water partition coefficient (Wildman–Crippen LogP) is 4.14. The summed E-state index contributed by atoms with van der Waals surface area (Å²) in [6, 6.07) is 13.6. The van der Waals surface area contributed by atoms with Crippen LogP contribution in [-0.4, -0.2) is 18.6 Å². The third-order valence-electron chi connectivity index (χ3n) is 3.33. The van der Waals surface area contributed by atoms with Crippen LogP contribution >= 0.6 is 0 Å². The highest BCUT2D eigenvalue weighted by atomic mass is 16.5. The first-order chi connectivity index (χ1) is 10.9. The standard InChI is InChI=1S/C19H24N2O2/c1-13(2)23-17-7-5-6-16(11-17)20-12-19(22)21-18-10-14(3)8-9-15(18)4/h5-11,13,20H,12H2,1-4H3,(H,21,22). The molecule has 0 aliphatic rings. The van der Waals surface area contributed by atoms with Gasteiger partial charge in [0.1, 0.15) is 5.75 Å². The van der Waals surface area contributed by atoms with Crippen LogP contribution in [0.1, 0.15) is 25.0 Å². The molecule has 0 spiro atoms. The number of hydrogen-bond acceptors (Lipinski definition) is 3. The van der Waals surface area contributed by atoms with E-state index in [0.29, 0.717) is 0 Å². The van der Waals surface area contributed by atoms with E-state index in [0.717, 1.165) is 28.3 Å². The van der Waals surface area contributed by atoms with E-state index in [1.165, 1.54) is 0 Å². The summed E-state index contributed by atoms with van der Waals surface area (Å²) in [5.41, 5.74) is 3.89. The van der Waals surface area contributed by atoms with Crippen LogP contribution in [0.4, 0.5) is 11.4 Å². The van der Waals surface area contributed by atoms with Gasteiger partial charge in [-0.1, -0.05) is 18.2 Å². The quantitative estimate of drug-likeness (QED) is 0.843. The molecule has 0 radical (unpaired) electrons. The normalized spacial score (nSPS) is 10.5. The summed E-state index contributed by atoms with van der Waals surface area (Å²) in [5.74, 6) is 0.716. The van der Waals surface area contributed by atoms with Crippen LogP contribution in [0.5, 0.6) is 5.75 Å². The molecule has 0 aromatic heterocycles. The van der Waals surface area contributed by atoms with Crippen LogP contribution in [0.3, 0.4) is 0 Å². The van der Waals surface area contributed by atoms with E-state index < -0.39 is 0 Å². The molecule has 4 heteroatoms. The summed E-state index contributed by atoms with van der Waals surface area (Å²) in [6.07, 6.45) is 0.123. The minimum absolute atomic E-state index is 0.0751. The number of nitrogens with one attached hydrogen (secondary N) is 2. The molecular weight excluding hydrogens is 288 g/mol. The Kier molecular flexibility index (Phi) is 5.63. The van der Waals surface area contributed by atoms with E-state index in [2.05, 4.69) is 10.6 Å². The second kappa shape index (κ2) is 7.68. The first-order valence-corrected chi connectivity index (χ1v) is 7.82. The monoisotopic (exact) mass is 312 g/mol. The van der Waals surface area contributed by atoms with Crippen LogP contribution in [0.25, 0.3) is 0 Å². The summed E-state index contributed by atoms with van der Waals surface area (Å²) in [6.45, 7) is 8.16. The van der Waals surface area contributed by atoms with Gasteiger partial charge in [-0.3, -0.25) is 4.79 Å². The van der Waals surface area contributed by atoms with Gasteiger partial charge in [-0.2, -0.15) is 0 Å². The van der Waals surface area contributed by atoms with Gasteiger partial charge < -0.3 is 15.4 Å². The first kappa shape index (κ1) is 16.9. The summed E-state index contributed by atoms with van der Waals surface area (Å²) < 4.78 is 5.65. The molecule has 0 aliphatic carbocycles. The molecule has 0 atom stereocenters. The Morgan fingerprint density at radius 1 is 1.13 bits per heavy atom. The fourth-order valence-electron chi connectivity index (χ4n) is 2.20. The van der Waals surface area contributed by atoms with Crippen molar-refractivity contribution in [2.75, 3.05) is 17.2 Å². The van der Waals surface area contributed by atoms with Crippen molar-refractivity contribution in [1.82, 2.24) is 0 Å². The van der Waals surface area contributed by atoms with Crippen LogP contribution in [0.2, 0.25) is 0 Å². The molecule has 0 fully saturated rings. The lowest BCUT2D eigenvalue weighted by Gasteiger charge is -2.13. The van der Waals surface area contributed by atoms with Crippen molar-refractivity contribution in [3.8, 4) is 5.75 Å². The number of carbonyl (C=O) groups excluding carboxylic acids is 1. The van der Waals surface area contributed by atoms with E-state index in [1.54, 1.807) is 0 Å². The van der Waals surface area contributed by atoms with Crippen molar-refractivity contribution >= 4 is 17.3 Å². The average molecular weight is 312 g/mol. The maximum Gasteiger partial charge on any atom is 0.243 e. The van der Waals surface area contributed by atoms with E-state index in [-0.39, 0.29) is 18.6 Å². The highest BCUT2D eigenvalue weighted by Gasteiger charge is 2.06. The zero-order valence-corrected chi connectivity index (χ0v) is 14.1. The van der Waals surface area contributed by atoms with Gasteiger partial charge in [0.2, 0.25) is 5.91 Å². The van der Waals surface area contributed by atoms with Crippen LogP contribution in [-0.2, 0) is 4.79 Å². The lowest BCUT2D eigenvalue weighted by Crippen LogP contribution is -2.22. The number of aryl methyl sites for hydroxylation is 2. The fourth-order valence-corrected chi connectivity index (χ4v) is 2.20. The number of carbonyl (C=O) groups is 1. The molecule has 2 aromatic rings. The lowest BCUT2D eigenvalue weighted by atomic mass is 10.1. The summed E-state index contributed by atoms with van der Waals surface area (Å²) >= 11 is 0. The van der Waals surface area contributed by atoms with E-state index in [1.807, 2.05) is 70.2 Å². The summed E-state index contributed by atoms with van der Waals surface area (Å²) in [7, 11) is 0.